The zero-order chi connectivity index (χ0) is 14.0. The molecule has 0 aliphatic rings. The molecule has 1 N–H and O–H groups in total. The zero-order valence-corrected chi connectivity index (χ0v) is 11.7. The molecule has 0 atom stereocenters. The summed E-state index contributed by atoms with van der Waals surface area (Å²) in [5.41, 5.74) is 3.49. The van der Waals surface area contributed by atoms with E-state index in [-0.39, 0.29) is 5.91 Å². The van der Waals surface area contributed by atoms with Crippen LogP contribution in [0.4, 0.5) is 5.69 Å². The van der Waals surface area contributed by atoms with Gasteiger partial charge in [0, 0.05) is 24.1 Å². The van der Waals surface area contributed by atoms with Crippen molar-refractivity contribution in [3.8, 4) is 5.75 Å². The number of amides is 1. The van der Waals surface area contributed by atoms with Gasteiger partial charge in [-0.2, -0.15) is 0 Å². The maximum Gasteiger partial charge on any atom is 0.257 e. The Morgan fingerprint density at radius 1 is 1.21 bits per heavy atom. The Hall–Kier alpha value is -2.23. The number of carbonyl (C=O) groups excluding carboxylic acids is 1. The second kappa shape index (κ2) is 5.18. The van der Waals surface area contributed by atoms with Gasteiger partial charge in [-0.25, -0.2) is 0 Å². The number of hydrogen-bond acceptors (Lipinski definition) is 2. The van der Waals surface area contributed by atoms with Gasteiger partial charge in [0.25, 0.3) is 5.91 Å². The minimum absolute atomic E-state index is 0.0913. The molecule has 2 aromatic rings. The van der Waals surface area contributed by atoms with E-state index in [1.54, 1.807) is 7.11 Å². The first-order chi connectivity index (χ1) is 9.02. The van der Waals surface area contributed by atoms with Crippen molar-refractivity contribution in [1.82, 2.24) is 4.57 Å². The highest BCUT2D eigenvalue weighted by Crippen LogP contribution is 2.18. The van der Waals surface area contributed by atoms with Gasteiger partial charge in [-0.15, -0.1) is 0 Å². The van der Waals surface area contributed by atoms with E-state index in [0.717, 1.165) is 22.8 Å². The summed E-state index contributed by atoms with van der Waals surface area (Å²) in [6.07, 6.45) is 0. The maximum absolute atomic E-state index is 12.2. The predicted molar refractivity (Wildman–Crippen MR) is 75.8 cm³/mol. The van der Waals surface area contributed by atoms with Gasteiger partial charge in [-0.1, -0.05) is 0 Å². The molecule has 0 aliphatic carbocycles. The number of methoxy groups -OCH3 is 1. The fourth-order valence-corrected chi connectivity index (χ4v) is 1.96. The summed E-state index contributed by atoms with van der Waals surface area (Å²) in [5, 5.41) is 2.88. The Morgan fingerprint density at radius 2 is 1.84 bits per heavy atom. The normalized spacial score (nSPS) is 10.3. The molecule has 1 heterocycles. The van der Waals surface area contributed by atoms with Crippen LogP contribution in [-0.2, 0) is 7.05 Å². The first-order valence-electron chi connectivity index (χ1n) is 6.11. The van der Waals surface area contributed by atoms with Gasteiger partial charge in [0.2, 0.25) is 0 Å². The molecule has 0 spiro atoms. The molecular formula is C15H18N2O2. The van der Waals surface area contributed by atoms with Gasteiger partial charge in [-0.3, -0.25) is 4.79 Å². The average molecular weight is 258 g/mol. The third-order valence-electron chi connectivity index (χ3n) is 3.37. The molecule has 1 aromatic heterocycles. The number of anilines is 1. The molecule has 4 heteroatoms. The Balaban J connectivity index is 2.18. The van der Waals surface area contributed by atoms with Gasteiger partial charge in [-0.05, 0) is 44.2 Å². The van der Waals surface area contributed by atoms with Crippen LogP contribution in [0.3, 0.4) is 0 Å². The third kappa shape index (κ3) is 2.62. The monoisotopic (exact) mass is 258 g/mol. The lowest BCUT2D eigenvalue weighted by molar-refractivity contribution is 0.102. The van der Waals surface area contributed by atoms with Crippen molar-refractivity contribution in [2.45, 2.75) is 13.8 Å². The molecule has 1 aromatic carbocycles. The number of rotatable bonds is 3. The first-order valence-corrected chi connectivity index (χ1v) is 6.11. The molecule has 100 valence electrons. The van der Waals surface area contributed by atoms with Crippen molar-refractivity contribution in [3.63, 3.8) is 0 Å². The number of nitrogens with one attached hydrogen (secondary N) is 1. The number of aromatic nitrogens is 1. The number of aryl methyl sites for hydroxylation is 1. The van der Waals surface area contributed by atoms with Gasteiger partial charge in [0.15, 0.2) is 0 Å². The topological polar surface area (TPSA) is 43.3 Å². The maximum atomic E-state index is 12.2. The molecule has 19 heavy (non-hydrogen) atoms. The standard InChI is InChI=1S/C15H18N2O2/c1-10-9-14(11(2)17(10)3)15(18)16-12-5-7-13(19-4)8-6-12/h5-9H,1-4H3,(H,16,18). The van der Waals surface area contributed by atoms with Gasteiger partial charge in [0.05, 0.1) is 12.7 Å². The number of hydrogen-bond donors (Lipinski definition) is 1. The van der Waals surface area contributed by atoms with Crippen molar-refractivity contribution in [1.29, 1.82) is 0 Å². The summed E-state index contributed by atoms with van der Waals surface area (Å²) in [7, 11) is 3.57. The van der Waals surface area contributed by atoms with Crippen LogP contribution in [0, 0.1) is 13.8 Å². The van der Waals surface area contributed by atoms with Crippen LogP contribution in [0.2, 0.25) is 0 Å². The largest absolute Gasteiger partial charge is 0.497 e. The lowest BCUT2D eigenvalue weighted by Crippen LogP contribution is -2.12. The quantitative estimate of drug-likeness (QED) is 0.920. The van der Waals surface area contributed by atoms with Crippen LogP contribution in [0.5, 0.6) is 5.75 Å². The SMILES string of the molecule is COc1ccc(NC(=O)c2cc(C)n(C)c2C)cc1. The highest BCUT2D eigenvalue weighted by atomic mass is 16.5. The fraction of sp³-hybridized carbons (Fsp3) is 0.267. The Morgan fingerprint density at radius 3 is 2.32 bits per heavy atom. The number of benzene rings is 1. The molecule has 0 bridgehead atoms. The van der Waals surface area contributed by atoms with Crippen molar-refractivity contribution in [3.05, 3.63) is 47.3 Å². The summed E-state index contributed by atoms with van der Waals surface area (Å²) in [6, 6.07) is 9.18. The Bertz CT molecular complexity index is 597. The molecule has 0 saturated heterocycles. The smallest absolute Gasteiger partial charge is 0.257 e. The fourth-order valence-electron chi connectivity index (χ4n) is 1.96. The summed E-state index contributed by atoms with van der Waals surface area (Å²) >= 11 is 0. The van der Waals surface area contributed by atoms with E-state index in [9.17, 15) is 4.79 Å². The Kier molecular flexibility index (Phi) is 3.60. The van der Waals surface area contributed by atoms with E-state index >= 15 is 0 Å². The number of carbonyl (C=O) groups is 1. The number of nitrogens with zero attached hydrogens (tertiary/aromatic N) is 1. The average Bonchev–Trinajstić information content (AvgIpc) is 2.67. The molecule has 0 radical (unpaired) electrons. The second-order valence-electron chi connectivity index (χ2n) is 4.53. The van der Waals surface area contributed by atoms with Crippen LogP contribution < -0.4 is 10.1 Å². The van der Waals surface area contributed by atoms with Crippen molar-refractivity contribution >= 4 is 11.6 Å². The molecule has 0 aliphatic heterocycles. The zero-order valence-electron chi connectivity index (χ0n) is 11.7. The van der Waals surface area contributed by atoms with Crippen LogP contribution in [0.1, 0.15) is 21.7 Å². The van der Waals surface area contributed by atoms with Crippen LogP contribution in [-0.4, -0.2) is 17.6 Å². The molecule has 0 saturated carbocycles. The predicted octanol–water partition coefficient (Wildman–Crippen LogP) is 2.90. The molecular weight excluding hydrogens is 240 g/mol. The highest BCUT2D eigenvalue weighted by molar-refractivity contribution is 6.05. The Labute approximate surface area is 113 Å². The minimum atomic E-state index is -0.0913. The minimum Gasteiger partial charge on any atom is -0.497 e. The second-order valence-corrected chi connectivity index (χ2v) is 4.53. The molecule has 4 nitrogen and oxygen atoms in total. The summed E-state index contributed by atoms with van der Waals surface area (Å²) in [4.78, 5) is 12.2. The van der Waals surface area contributed by atoms with E-state index in [1.807, 2.05) is 55.8 Å². The van der Waals surface area contributed by atoms with E-state index in [1.165, 1.54) is 0 Å². The van der Waals surface area contributed by atoms with Crippen molar-refractivity contribution in [2.75, 3.05) is 12.4 Å². The molecule has 0 fully saturated rings. The van der Waals surface area contributed by atoms with E-state index in [0.29, 0.717) is 5.56 Å². The summed E-state index contributed by atoms with van der Waals surface area (Å²) in [6.45, 7) is 3.92. The highest BCUT2D eigenvalue weighted by Gasteiger charge is 2.13. The summed E-state index contributed by atoms with van der Waals surface area (Å²) in [5.74, 6) is 0.677. The van der Waals surface area contributed by atoms with Crippen molar-refractivity contribution in [2.24, 2.45) is 7.05 Å². The van der Waals surface area contributed by atoms with Gasteiger partial charge >= 0.3 is 0 Å². The van der Waals surface area contributed by atoms with E-state index in [2.05, 4.69) is 5.32 Å². The lowest BCUT2D eigenvalue weighted by Gasteiger charge is -2.06. The number of ether oxygens (including phenoxy) is 1. The van der Waals surface area contributed by atoms with E-state index < -0.39 is 0 Å². The van der Waals surface area contributed by atoms with Crippen LogP contribution in [0.25, 0.3) is 0 Å². The lowest BCUT2D eigenvalue weighted by atomic mass is 10.2. The summed E-state index contributed by atoms with van der Waals surface area (Å²) < 4.78 is 7.08. The van der Waals surface area contributed by atoms with Crippen LogP contribution >= 0.6 is 0 Å². The van der Waals surface area contributed by atoms with E-state index in [4.69, 9.17) is 4.74 Å². The van der Waals surface area contributed by atoms with Crippen LogP contribution in [0.15, 0.2) is 30.3 Å². The molecule has 1 amide bonds. The van der Waals surface area contributed by atoms with Crippen molar-refractivity contribution < 1.29 is 9.53 Å². The van der Waals surface area contributed by atoms with Gasteiger partial charge < -0.3 is 14.6 Å². The third-order valence-corrected chi connectivity index (χ3v) is 3.37. The van der Waals surface area contributed by atoms with Gasteiger partial charge in [0.1, 0.15) is 5.75 Å². The molecule has 2 rings (SSSR count). The molecule has 0 unspecified atom stereocenters. The first kappa shape index (κ1) is 13.2.